The van der Waals surface area contributed by atoms with E-state index < -0.39 is 12.4 Å². The fourth-order valence-electron chi connectivity index (χ4n) is 1.67. The van der Waals surface area contributed by atoms with Gasteiger partial charge in [-0.15, -0.1) is 0 Å². The Morgan fingerprint density at radius 1 is 1.22 bits per heavy atom. The molecule has 94 valence electrons. The largest absolute Gasteiger partial charge is 1.00 e. The van der Waals surface area contributed by atoms with Gasteiger partial charge in [-0.25, -0.2) is 0 Å². The van der Waals surface area contributed by atoms with Gasteiger partial charge >= 0.3 is 58.4 Å². The Kier molecular flexibility index (Phi) is 6.63. The van der Waals surface area contributed by atoms with Crippen molar-refractivity contribution in [3.63, 3.8) is 0 Å². The molecule has 0 atom stereocenters. The smallest absolute Gasteiger partial charge is 0.489 e. The zero-order chi connectivity index (χ0) is 12.3. The van der Waals surface area contributed by atoms with E-state index in [0.29, 0.717) is 26.1 Å². The van der Waals surface area contributed by atoms with Crippen molar-refractivity contribution in [2.75, 3.05) is 13.2 Å². The van der Waals surface area contributed by atoms with Crippen molar-refractivity contribution in [2.24, 2.45) is 0 Å². The van der Waals surface area contributed by atoms with Crippen molar-refractivity contribution in [3.05, 3.63) is 18.5 Å². The molecule has 0 spiro atoms. The first-order valence-corrected chi connectivity index (χ1v) is 5.45. The van der Waals surface area contributed by atoms with Crippen molar-refractivity contribution in [1.82, 2.24) is 4.98 Å². The zero-order valence-electron chi connectivity index (χ0n) is 10.1. The second-order valence-electron chi connectivity index (χ2n) is 3.96. The molecular weight excluding hydrogens is 273 g/mol. The third kappa shape index (κ3) is 4.82. The first kappa shape index (κ1) is 16.5. The maximum Gasteiger partial charge on any atom is 1.00 e. The molecule has 3 nitrogen and oxygen atoms in total. The minimum Gasteiger partial charge on any atom is -0.489 e. The predicted octanol–water partition coefficient (Wildman–Crippen LogP) is -1.30. The normalized spacial score (nSPS) is 17.1. The third-order valence-electron chi connectivity index (χ3n) is 2.58. The molecule has 18 heavy (non-hydrogen) atoms. The van der Waals surface area contributed by atoms with E-state index in [2.05, 4.69) is 4.98 Å². The molecule has 0 bridgehead atoms. The number of aromatic nitrogens is 1. The van der Waals surface area contributed by atoms with E-state index in [0.717, 1.165) is 12.3 Å². The number of hydrogen-bond donors (Lipinski definition) is 0. The van der Waals surface area contributed by atoms with Crippen LogP contribution in [-0.2, 0) is 4.74 Å². The maximum atomic E-state index is 12.5. The van der Waals surface area contributed by atoms with Gasteiger partial charge in [-0.2, -0.15) is 0 Å². The summed E-state index contributed by atoms with van der Waals surface area (Å²) in [6.07, 6.45) is 3.43. The summed E-state index contributed by atoms with van der Waals surface area (Å²) in [5, 5.41) is 0. The van der Waals surface area contributed by atoms with E-state index in [9.17, 15) is 12.9 Å². The van der Waals surface area contributed by atoms with Crippen molar-refractivity contribution >= 4 is 12.4 Å². The number of pyridine rings is 1. The molecule has 1 aromatic heterocycles. The van der Waals surface area contributed by atoms with Crippen molar-refractivity contribution in [3.8, 4) is 5.75 Å². The van der Waals surface area contributed by atoms with Crippen LogP contribution >= 0.6 is 0 Å². The van der Waals surface area contributed by atoms with Gasteiger partial charge in [-0.3, -0.25) is 4.98 Å². The second kappa shape index (κ2) is 7.25. The molecule has 1 aromatic rings. The van der Waals surface area contributed by atoms with Crippen LogP contribution < -0.4 is 61.6 Å². The van der Waals surface area contributed by atoms with Crippen LogP contribution in [0.25, 0.3) is 0 Å². The number of rotatable bonds is 3. The Morgan fingerprint density at radius 2 is 1.89 bits per heavy atom. The van der Waals surface area contributed by atoms with Crippen LogP contribution in [0.1, 0.15) is 12.8 Å². The van der Waals surface area contributed by atoms with Crippen LogP contribution in [0.15, 0.2) is 18.5 Å². The molecule has 0 radical (unpaired) electrons. The molecule has 1 aliphatic rings. The number of halogens is 3. The van der Waals surface area contributed by atoms with Gasteiger partial charge in [-0.05, 0) is 6.07 Å². The van der Waals surface area contributed by atoms with Crippen LogP contribution in [0.3, 0.4) is 0 Å². The Bertz CT molecular complexity index is 386. The van der Waals surface area contributed by atoms with Gasteiger partial charge in [0.1, 0.15) is 11.9 Å². The standard InChI is InChI=1S/C10H12BF3NO2.K/c12-11(13,14)8-5-10(7-15-6-8)17-9-1-3-16-4-2-9;/h5-7,9H,1-4H2;/q-1;+1. The molecule has 0 unspecified atom stereocenters. The first-order chi connectivity index (χ1) is 8.05. The van der Waals surface area contributed by atoms with E-state index in [4.69, 9.17) is 9.47 Å². The monoisotopic (exact) mass is 285 g/mol. The van der Waals surface area contributed by atoms with Gasteiger partial charge in [0.2, 0.25) is 0 Å². The van der Waals surface area contributed by atoms with Crippen molar-refractivity contribution in [2.45, 2.75) is 18.9 Å². The van der Waals surface area contributed by atoms with Gasteiger partial charge < -0.3 is 22.4 Å². The molecular formula is C10H12BF3KNO2. The van der Waals surface area contributed by atoms with Crippen molar-refractivity contribution < 1.29 is 73.8 Å². The predicted molar refractivity (Wildman–Crippen MR) is 57.4 cm³/mol. The van der Waals surface area contributed by atoms with Crippen molar-refractivity contribution in [1.29, 1.82) is 0 Å². The summed E-state index contributed by atoms with van der Waals surface area (Å²) in [4.78, 5) is 3.56. The van der Waals surface area contributed by atoms with Crippen LogP contribution in [0.5, 0.6) is 5.75 Å². The van der Waals surface area contributed by atoms with E-state index in [1.807, 2.05) is 0 Å². The Labute approximate surface area is 146 Å². The van der Waals surface area contributed by atoms with E-state index in [-0.39, 0.29) is 63.2 Å². The minimum absolute atomic E-state index is 0. The molecule has 0 amide bonds. The summed E-state index contributed by atoms with van der Waals surface area (Å²) in [5.41, 5.74) is -0.727. The molecule has 1 saturated heterocycles. The number of hydrogen-bond acceptors (Lipinski definition) is 3. The Morgan fingerprint density at radius 3 is 2.50 bits per heavy atom. The first-order valence-electron chi connectivity index (χ1n) is 5.45. The van der Waals surface area contributed by atoms with Crippen LogP contribution in [0.2, 0.25) is 0 Å². The van der Waals surface area contributed by atoms with Crippen LogP contribution in [0.4, 0.5) is 12.9 Å². The molecule has 0 aromatic carbocycles. The summed E-state index contributed by atoms with van der Waals surface area (Å²) < 4.78 is 48.1. The summed E-state index contributed by atoms with van der Waals surface area (Å²) in [7, 11) is 0. The third-order valence-corrected chi connectivity index (χ3v) is 2.58. The average Bonchev–Trinajstić information content (AvgIpc) is 2.29. The topological polar surface area (TPSA) is 31.4 Å². The SMILES string of the molecule is F[B-](F)(F)c1cncc(OC2CCOCC2)c1.[K+]. The van der Waals surface area contributed by atoms with E-state index in [1.54, 1.807) is 0 Å². The van der Waals surface area contributed by atoms with Gasteiger partial charge in [0, 0.05) is 19.0 Å². The number of ether oxygens (including phenoxy) is 2. The van der Waals surface area contributed by atoms with Crippen LogP contribution in [0, 0.1) is 0 Å². The van der Waals surface area contributed by atoms with Crippen LogP contribution in [-0.4, -0.2) is 31.3 Å². The molecule has 2 heterocycles. The quantitative estimate of drug-likeness (QED) is 0.647. The van der Waals surface area contributed by atoms with E-state index >= 15 is 0 Å². The van der Waals surface area contributed by atoms with Gasteiger partial charge in [0.25, 0.3) is 0 Å². The summed E-state index contributed by atoms with van der Waals surface area (Å²) in [6, 6.07) is 1.00. The molecule has 2 rings (SSSR count). The van der Waals surface area contributed by atoms with Gasteiger partial charge in [0.15, 0.2) is 0 Å². The number of nitrogens with zero attached hydrogens (tertiary/aromatic N) is 1. The summed E-state index contributed by atoms with van der Waals surface area (Å²) in [6.45, 7) is -3.85. The molecule has 1 fully saturated rings. The second-order valence-corrected chi connectivity index (χ2v) is 3.96. The maximum absolute atomic E-state index is 12.5. The fraction of sp³-hybridized carbons (Fsp3) is 0.500. The minimum atomic E-state index is -5.02. The molecule has 0 N–H and O–H groups in total. The fourth-order valence-corrected chi connectivity index (χ4v) is 1.67. The molecule has 0 saturated carbocycles. The zero-order valence-corrected chi connectivity index (χ0v) is 13.2. The average molecular weight is 285 g/mol. The summed E-state index contributed by atoms with van der Waals surface area (Å²) in [5.74, 6) is 0.175. The van der Waals surface area contributed by atoms with Gasteiger partial charge in [-0.1, -0.05) is 5.46 Å². The van der Waals surface area contributed by atoms with Gasteiger partial charge in [0.05, 0.1) is 19.4 Å². The summed E-state index contributed by atoms with van der Waals surface area (Å²) >= 11 is 0. The van der Waals surface area contributed by atoms with E-state index in [1.165, 1.54) is 6.20 Å². The Hall–Kier alpha value is 0.401. The Balaban J connectivity index is 0.00000162. The molecule has 1 aliphatic heterocycles. The molecule has 0 aliphatic carbocycles. The molecule has 8 heteroatoms.